The molecule has 3 saturated heterocycles. The molecule has 2 spiro atoms. The molecule has 0 aliphatic carbocycles. The summed E-state index contributed by atoms with van der Waals surface area (Å²) in [6, 6.07) is 3.44. The second kappa shape index (κ2) is 17.6. The Balaban J connectivity index is 1.34. The Morgan fingerprint density at radius 3 is 2.29 bits per heavy atom. The summed E-state index contributed by atoms with van der Waals surface area (Å²) in [5.74, 6) is -8.68. The van der Waals surface area contributed by atoms with Crippen LogP contribution in [-0.2, 0) is 44.4 Å². The van der Waals surface area contributed by atoms with Gasteiger partial charge < -0.3 is 54.0 Å². The third-order valence-electron chi connectivity index (χ3n) is 13.7. The highest BCUT2D eigenvalue weighted by Gasteiger charge is 2.70. The Morgan fingerprint density at radius 2 is 1.69 bits per heavy atom. The number of benzene rings is 1. The van der Waals surface area contributed by atoms with Crippen LogP contribution in [0.15, 0.2) is 24.3 Å². The number of Topliss-reactive ketones (excluding diaryl/α,β-unsaturated/α-hetero) is 1. The van der Waals surface area contributed by atoms with Gasteiger partial charge in [0, 0.05) is 37.2 Å². The van der Waals surface area contributed by atoms with Crippen LogP contribution in [0.1, 0.15) is 116 Å². The highest BCUT2D eigenvalue weighted by molar-refractivity contribution is 5.93. The summed E-state index contributed by atoms with van der Waals surface area (Å²) in [6.07, 6.45) is -2.14. The van der Waals surface area contributed by atoms with E-state index in [4.69, 9.17) is 28.4 Å². The molecule has 326 valence electrons. The van der Waals surface area contributed by atoms with Gasteiger partial charge in [-0.1, -0.05) is 67.5 Å². The summed E-state index contributed by atoms with van der Waals surface area (Å²) in [5.41, 5.74) is -0.434. The molecule has 10 unspecified atom stereocenters. The lowest BCUT2D eigenvalue weighted by molar-refractivity contribution is -0.414. The fourth-order valence-corrected chi connectivity index (χ4v) is 10.4. The standard InChI is InChI=1S/C44H66O14/c1-12-28-14-15-29(33(36(28)49)40(50)51)21(3)18-22(4)34(47)25(7)35(48)26(8)37-23(5)19-24(6)43(56-37)17-16-31(46)44(58-43)27(9)39(53-11)42(10,57-44)32-20-30(45)38(55-32)41(52)54-13-2/h14-17,21-27,30-32,34,37-39,45-47,49H,12-13,18-20H2,1-11H3,(H,50,51)/t21?,22-,23+,24-,25+,26?,27?,30-,31?,32?,34?,37+,38?,39-,42?,43?,44?/m1/s1. The molecule has 1 aromatic rings. The average molecular weight is 819 g/mol. The number of carbonyl (C=O) groups is 3. The summed E-state index contributed by atoms with van der Waals surface area (Å²) in [4.78, 5) is 39.0. The van der Waals surface area contributed by atoms with E-state index in [-0.39, 0.29) is 47.9 Å². The Hall–Kier alpha value is -2.95. The molecule has 5 rings (SSSR count). The number of ketones is 1. The van der Waals surface area contributed by atoms with Crippen LogP contribution in [0.25, 0.3) is 0 Å². The van der Waals surface area contributed by atoms with Crippen molar-refractivity contribution < 1.29 is 68.3 Å². The minimum Gasteiger partial charge on any atom is -0.507 e. The van der Waals surface area contributed by atoms with Crippen LogP contribution in [0.5, 0.6) is 5.75 Å². The highest BCUT2D eigenvalue weighted by atomic mass is 16.8. The first-order chi connectivity index (χ1) is 27.1. The van der Waals surface area contributed by atoms with Gasteiger partial charge in [0.25, 0.3) is 0 Å². The first kappa shape index (κ1) is 46.1. The lowest BCUT2D eigenvalue weighted by Crippen LogP contribution is -2.64. The van der Waals surface area contributed by atoms with Crippen molar-refractivity contribution in [2.45, 2.75) is 161 Å². The number of aromatic carboxylic acids is 1. The van der Waals surface area contributed by atoms with Gasteiger partial charge in [0.2, 0.25) is 5.79 Å². The molecule has 3 fully saturated rings. The predicted octanol–water partition coefficient (Wildman–Crippen LogP) is 4.91. The number of methoxy groups -OCH3 is 1. The largest absolute Gasteiger partial charge is 0.507 e. The van der Waals surface area contributed by atoms with E-state index in [2.05, 4.69) is 0 Å². The van der Waals surface area contributed by atoms with Crippen LogP contribution in [-0.4, -0.2) is 117 Å². The molecule has 4 aliphatic heterocycles. The molecule has 0 aromatic heterocycles. The zero-order chi connectivity index (χ0) is 43.2. The van der Waals surface area contributed by atoms with Gasteiger partial charge in [-0.25, -0.2) is 9.59 Å². The van der Waals surface area contributed by atoms with Crippen molar-refractivity contribution in [1.82, 2.24) is 0 Å². The van der Waals surface area contributed by atoms with Gasteiger partial charge in [-0.3, -0.25) is 4.79 Å². The van der Waals surface area contributed by atoms with Crippen molar-refractivity contribution in [1.29, 1.82) is 0 Å². The molecule has 4 heterocycles. The topological polar surface area (TPSA) is 208 Å². The molecule has 14 heteroatoms. The number of rotatable bonds is 14. The van der Waals surface area contributed by atoms with Crippen molar-refractivity contribution in [3.63, 3.8) is 0 Å². The summed E-state index contributed by atoms with van der Waals surface area (Å²) >= 11 is 0. The number of ether oxygens (including phenoxy) is 6. The van der Waals surface area contributed by atoms with E-state index in [9.17, 15) is 39.9 Å². The number of carboxylic acids is 1. The first-order valence-corrected chi connectivity index (χ1v) is 20.9. The van der Waals surface area contributed by atoms with E-state index < -0.39 is 95.5 Å². The van der Waals surface area contributed by atoms with Crippen molar-refractivity contribution in [2.24, 2.45) is 35.5 Å². The molecule has 0 amide bonds. The zero-order valence-corrected chi connectivity index (χ0v) is 35.8. The SMILES string of the molecule is CCOC(=O)C1OC(C2(C)OC3(OC4(C=CC3O)O[C@H](C(C)C(=O)[C@@H](C)C(O)[C@H](C)CC(C)c3ccc(CC)c(O)c3C(=O)O)[C@@H](C)C[C@H]4C)C(C)[C@H]2OC)C[C@H]1O. The minimum atomic E-state index is -1.71. The molecule has 0 bridgehead atoms. The summed E-state index contributed by atoms with van der Waals surface area (Å²) < 4.78 is 37.8. The summed E-state index contributed by atoms with van der Waals surface area (Å²) in [7, 11) is 1.51. The molecule has 4 aliphatic rings. The highest BCUT2D eigenvalue weighted by Crippen LogP contribution is 2.56. The molecule has 1 aromatic carbocycles. The normalized spacial score (nSPS) is 38.7. The Labute approximate surface area is 342 Å². The molecular weight excluding hydrogens is 752 g/mol. The monoisotopic (exact) mass is 818 g/mol. The number of aromatic hydroxyl groups is 1. The van der Waals surface area contributed by atoms with Crippen molar-refractivity contribution >= 4 is 17.7 Å². The third kappa shape index (κ3) is 8.00. The molecule has 0 saturated carbocycles. The Bertz CT molecular complexity index is 1700. The van der Waals surface area contributed by atoms with Gasteiger partial charge in [0.15, 0.2) is 11.9 Å². The molecular formula is C44H66O14. The maximum atomic E-state index is 14.3. The minimum absolute atomic E-state index is 0.0480. The predicted molar refractivity (Wildman–Crippen MR) is 211 cm³/mol. The number of aryl methyl sites for hydroxylation is 1. The van der Waals surface area contributed by atoms with E-state index in [0.717, 1.165) is 0 Å². The van der Waals surface area contributed by atoms with Crippen LogP contribution in [0.2, 0.25) is 0 Å². The van der Waals surface area contributed by atoms with Crippen LogP contribution in [0.3, 0.4) is 0 Å². The number of esters is 1. The van der Waals surface area contributed by atoms with Gasteiger partial charge >= 0.3 is 11.9 Å². The third-order valence-corrected chi connectivity index (χ3v) is 13.7. The van der Waals surface area contributed by atoms with Gasteiger partial charge in [0.1, 0.15) is 28.8 Å². The summed E-state index contributed by atoms with van der Waals surface area (Å²) in [5, 5.41) is 54.7. The number of aliphatic hydroxyl groups excluding tert-OH is 3. The quantitative estimate of drug-likeness (QED) is 0.125. The second-order valence-electron chi connectivity index (χ2n) is 17.7. The number of hydrogen-bond acceptors (Lipinski definition) is 13. The van der Waals surface area contributed by atoms with Crippen molar-refractivity contribution in [3.8, 4) is 5.75 Å². The van der Waals surface area contributed by atoms with E-state index in [1.807, 2.05) is 41.5 Å². The second-order valence-corrected chi connectivity index (χ2v) is 17.7. The summed E-state index contributed by atoms with van der Waals surface area (Å²) in [6.45, 7) is 18.3. The lowest BCUT2D eigenvalue weighted by atomic mass is 9.74. The van der Waals surface area contributed by atoms with E-state index in [1.165, 1.54) is 7.11 Å². The van der Waals surface area contributed by atoms with Gasteiger partial charge in [-0.15, -0.1) is 0 Å². The number of aliphatic hydroxyl groups is 3. The van der Waals surface area contributed by atoms with Gasteiger partial charge in [-0.2, -0.15) is 0 Å². The number of hydrogen-bond donors (Lipinski definition) is 5. The molecule has 0 radical (unpaired) electrons. The van der Waals surface area contributed by atoms with Crippen molar-refractivity contribution in [2.75, 3.05) is 13.7 Å². The maximum absolute atomic E-state index is 14.3. The fraction of sp³-hybridized carbons (Fsp3) is 0.750. The van der Waals surface area contributed by atoms with Crippen LogP contribution in [0, 0.1) is 35.5 Å². The zero-order valence-electron chi connectivity index (χ0n) is 35.8. The maximum Gasteiger partial charge on any atom is 0.339 e. The fourth-order valence-electron chi connectivity index (χ4n) is 10.4. The number of carboxylic acid groups (broad SMARTS) is 1. The molecule has 17 atom stereocenters. The van der Waals surface area contributed by atoms with E-state index in [0.29, 0.717) is 30.4 Å². The Kier molecular flexibility index (Phi) is 14.0. The van der Waals surface area contributed by atoms with Crippen LogP contribution in [0.4, 0.5) is 0 Å². The smallest absolute Gasteiger partial charge is 0.339 e. The molecule has 58 heavy (non-hydrogen) atoms. The Morgan fingerprint density at radius 1 is 1.02 bits per heavy atom. The average Bonchev–Trinajstić information content (AvgIpc) is 3.67. The molecule has 5 N–H and O–H groups in total. The van der Waals surface area contributed by atoms with E-state index in [1.54, 1.807) is 52.0 Å². The number of carbonyl (C=O) groups excluding carboxylic acids is 2. The lowest BCUT2D eigenvalue weighted by Gasteiger charge is -2.54. The van der Waals surface area contributed by atoms with Gasteiger partial charge in [-0.05, 0) is 74.1 Å². The first-order valence-electron chi connectivity index (χ1n) is 20.9. The number of phenols is 1. The van der Waals surface area contributed by atoms with Gasteiger partial charge in [0.05, 0.1) is 37.1 Å². The van der Waals surface area contributed by atoms with Crippen LogP contribution < -0.4 is 0 Å². The van der Waals surface area contributed by atoms with Crippen molar-refractivity contribution in [3.05, 3.63) is 41.0 Å². The van der Waals surface area contributed by atoms with Crippen LogP contribution >= 0.6 is 0 Å². The molecule has 14 nitrogen and oxygen atoms in total. The van der Waals surface area contributed by atoms with E-state index >= 15 is 0 Å².